The topological polar surface area (TPSA) is 95.2 Å². The molecule has 0 aliphatic heterocycles. The molecule has 0 heterocycles. The van der Waals surface area contributed by atoms with E-state index in [1.165, 1.54) is 18.2 Å². The number of hydrogen-bond acceptors (Lipinski definition) is 3. The SMILES string of the molecule is N#CC(C#N)=C(C#N)C#[NH+].[Li+]. The first-order valence-corrected chi connectivity index (χ1v) is 2.17. The van der Waals surface area contributed by atoms with E-state index in [0.29, 0.717) is 0 Å². The van der Waals surface area contributed by atoms with E-state index in [4.69, 9.17) is 21.0 Å². The number of nitrogens with one attached hydrogen (secondary N) is 1. The van der Waals surface area contributed by atoms with Gasteiger partial charge in [-0.05, 0) is 0 Å². The van der Waals surface area contributed by atoms with Gasteiger partial charge >= 0.3 is 24.9 Å². The van der Waals surface area contributed by atoms with E-state index >= 15 is 0 Å². The summed E-state index contributed by atoms with van der Waals surface area (Å²) in [5.41, 5.74) is -0.706. The second-order valence-corrected chi connectivity index (χ2v) is 1.21. The van der Waals surface area contributed by atoms with E-state index in [1.807, 2.05) is 0 Å². The third-order valence-electron chi connectivity index (χ3n) is 0.710. The Morgan fingerprint density at radius 1 is 0.909 bits per heavy atom. The van der Waals surface area contributed by atoms with E-state index in [-0.39, 0.29) is 30.0 Å². The van der Waals surface area contributed by atoms with Gasteiger partial charge in [-0.25, -0.2) is 0 Å². The van der Waals surface area contributed by atoms with Crippen LogP contribution in [0.1, 0.15) is 0 Å². The van der Waals surface area contributed by atoms with Crippen molar-refractivity contribution in [1.82, 2.24) is 0 Å². The Hall–Kier alpha value is -1.70. The van der Waals surface area contributed by atoms with E-state index in [1.54, 1.807) is 6.07 Å². The fourth-order valence-corrected chi connectivity index (χ4v) is 0.283. The molecule has 1 N–H and O–H groups in total. The molecule has 0 aromatic carbocycles. The average Bonchev–Trinajstić information content (AvgIpc) is 2.00. The van der Waals surface area contributed by atoms with Gasteiger partial charge < -0.3 is 0 Å². The molecule has 0 bridgehead atoms. The van der Waals surface area contributed by atoms with Crippen LogP contribution >= 0.6 is 0 Å². The molecule has 0 saturated carbocycles. The number of nitrogens with zero attached hydrogens (tertiary/aromatic N) is 3. The van der Waals surface area contributed by atoms with Crippen molar-refractivity contribution >= 4 is 0 Å². The number of rotatable bonds is 0. The predicted molar refractivity (Wildman–Crippen MR) is 28.7 cm³/mol. The molecule has 0 amide bonds. The normalized spacial score (nSPS) is 5.09. The fraction of sp³-hybridized carbons (Fsp3) is 0. The van der Waals surface area contributed by atoms with Crippen LogP contribution in [0.25, 0.3) is 0 Å². The minimum atomic E-state index is -0.377. The Balaban J connectivity index is 0. The zero-order valence-electron chi connectivity index (χ0n) is 5.84. The van der Waals surface area contributed by atoms with Crippen molar-refractivity contribution < 1.29 is 24.1 Å². The molecule has 0 aliphatic rings. The molecule has 0 radical (unpaired) electrons. The Bertz CT molecular complexity index is 262. The molecule has 0 rings (SSSR count). The van der Waals surface area contributed by atoms with E-state index < -0.39 is 0 Å². The van der Waals surface area contributed by atoms with Gasteiger partial charge in [-0.2, -0.15) is 15.8 Å². The van der Waals surface area contributed by atoms with Gasteiger partial charge in [-0.1, -0.05) is 5.26 Å². The van der Waals surface area contributed by atoms with Crippen LogP contribution in [-0.4, -0.2) is 0 Å². The summed E-state index contributed by atoms with van der Waals surface area (Å²) in [4.78, 5) is 0. The summed E-state index contributed by atoms with van der Waals surface area (Å²) in [5.74, 6) is 0. The first kappa shape index (κ1) is 12.0. The van der Waals surface area contributed by atoms with Crippen LogP contribution in [0, 0.1) is 40.1 Å². The van der Waals surface area contributed by atoms with Crippen LogP contribution in [0.4, 0.5) is 0 Å². The second-order valence-electron chi connectivity index (χ2n) is 1.21. The zero-order chi connectivity index (χ0) is 7.98. The molecule has 4 nitrogen and oxygen atoms in total. The van der Waals surface area contributed by atoms with E-state index in [0.717, 1.165) is 0 Å². The summed E-state index contributed by atoms with van der Waals surface area (Å²) in [6.07, 6.45) is 0. The summed E-state index contributed by atoms with van der Waals surface area (Å²) in [6.45, 7) is 0. The molecule has 44 valence electrons. The maximum absolute atomic E-state index is 8.17. The molecule has 0 aromatic heterocycles. The molecule has 0 fully saturated rings. The minimum absolute atomic E-state index is 0. The van der Waals surface area contributed by atoms with Gasteiger partial charge in [0.15, 0.2) is 5.57 Å². The number of hydrogen-bond donors (Lipinski definition) is 1. The zero-order valence-corrected chi connectivity index (χ0v) is 5.84. The van der Waals surface area contributed by atoms with Crippen molar-refractivity contribution in [3.8, 4) is 24.3 Å². The molecule has 0 aromatic rings. The third kappa shape index (κ3) is 3.10. The predicted octanol–water partition coefficient (Wildman–Crippen LogP) is -4.37. The van der Waals surface area contributed by atoms with E-state index in [2.05, 4.69) is 0 Å². The molecule has 5 heteroatoms. The molecular formula is C6HLiN4+2. The van der Waals surface area contributed by atoms with E-state index in [9.17, 15) is 0 Å². The second kappa shape index (κ2) is 6.42. The summed E-state index contributed by atoms with van der Waals surface area (Å²) in [5, 5.41) is 30.9. The smallest absolute Gasteiger partial charge is 0.192 e. The van der Waals surface area contributed by atoms with Gasteiger partial charge in [0, 0.05) is 0 Å². The summed E-state index contributed by atoms with van der Waals surface area (Å²) < 4.78 is 0. The van der Waals surface area contributed by atoms with Crippen LogP contribution in [0.15, 0.2) is 11.1 Å². The Morgan fingerprint density at radius 2 is 1.27 bits per heavy atom. The molecule has 11 heavy (non-hydrogen) atoms. The van der Waals surface area contributed by atoms with Crippen LogP contribution in [0.3, 0.4) is 0 Å². The average molecular weight is 136 g/mol. The van der Waals surface area contributed by atoms with Gasteiger partial charge in [0.05, 0.1) is 0 Å². The third-order valence-corrected chi connectivity index (χ3v) is 0.710. The standard InChI is InChI=1S/C6N4.Li/c7-1-5(2-8)6(3-9)4-10;/q;+1/p+1. The van der Waals surface area contributed by atoms with Crippen molar-refractivity contribution in [2.45, 2.75) is 0 Å². The van der Waals surface area contributed by atoms with Gasteiger partial charge in [0.1, 0.15) is 18.2 Å². The number of nitriles is 3. The Kier molecular flexibility index (Phi) is 7.01. The van der Waals surface area contributed by atoms with Crippen LogP contribution in [-0.2, 0) is 0 Å². The van der Waals surface area contributed by atoms with Gasteiger partial charge in [-0.15, -0.1) is 0 Å². The van der Waals surface area contributed by atoms with Crippen LogP contribution < -0.4 is 24.1 Å². The molecular weight excluding hydrogens is 135 g/mol. The van der Waals surface area contributed by atoms with Gasteiger partial charge in [0.25, 0.3) is 0 Å². The van der Waals surface area contributed by atoms with Crippen molar-refractivity contribution in [3.63, 3.8) is 0 Å². The maximum atomic E-state index is 8.17. The van der Waals surface area contributed by atoms with Gasteiger partial charge in [-0.3, -0.25) is 0 Å². The fourth-order valence-electron chi connectivity index (χ4n) is 0.283. The first-order chi connectivity index (χ1) is 4.79. The monoisotopic (exact) mass is 136 g/mol. The number of allylic oxidation sites excluding steroid dienone is 2. The molecule has 0 atom stereocenters. The summed E-state index contributed by atoms with van der Waals surface area (Å²) in [7, 11) is 0. The summed E-state index contributed by atoms with van der Waals surface area (Å²) in [6, 6.07) is 6.10. The van der Waals surface area contributed by atoms with Crippen LogP contribution in [0.2, 0.25) is 0 Å². The Labute approximate surface area is 75.7 Å². The summed E-state index contributed by atoms with van der Waals surface area (Å²) >= 11 is 0. The molecule has 0 spiro atoms. The quantitative estimate of drug-likeness (QED) is 0.269. The van der Waals surface area contributed by atoms with Crippen molar-refractivity contribution in [2.24, 2.45) is 0 Å². The van der Waals surface area contributed by atoms with Gasteiger partial charge in [0.2, 0.25) is 5.57 Å². The molecule has 0 aliphatic carbocycles. The minimum Gasteiger partial charge on any atom is -0.192 e. The van der Waals surface area contributed by atoms with Crippen molar-refractivity contribution in [2.75, 3.05) is 0 Å². The molecule has 0 unspecified atom stereocenters. The van der Waals surface area contributed by atoms with Crippen molar-refractivity contribution in [1.29, 1.82) is 15.8 Å². The first-order valence-electron chi connectivity index (χ1n) is 2.17. The van der Waals surface area contributed by atoms with Crippen molar-refractivity contribution in [3.05, 3.63) is 11.1 Å². The molecule has 0 saturated heterocycles. The van der Waals surface area contributed by atoms with Crippen LogP contribution in [0.5, 0.6) is 0 Å². The Morgan fingerprint density at radius 3 is 1.36 bits per heavy atom. The maximum Gasteiger partial charge on any atom is 1.00 e. The largest absolute Gasteiger partial charge is 1.00 e.